The van der Waals surface area contributed by atoms with Gasteiger partial charge in [0.1, 0.15) is 5.58 Å². The molecule has 0 saturated carbocycles. The summed E-state index contributed by atoms with van der Waals surface area (Å²) in [5.74, 6) is 0.507. The molecule has 0 spiro atoms. The van der Waals surface area contributed by atoms with E-state index in [9.17, 15) is 0 Å². The van der Waals surface area contributed by atoms with Gasteiger partial charge in [-0.05, 0) is 144 Å². The summed E-state index contributed by atoms with van der Waals surface area (Å²) in [6.45, 7) is 9.35. The molecule has 0 amide bonds. The maximum absolute atomic E-state index is 6.94. The van der Waals surface area contributed by atoms with Crippen molar-refractivity contribution < 1.29 is 4.42 Å². The minimum atomic E-state index is 0.234. The Hall–Kier alpha value is -9.70. The minimum Gasteiger partial charge on any atom is -0.454 e. The Morgan fingerprint density at radius 2 is 0.709 bits per heavy atom. The predicted molar refractivity (Wildman–Crippen MR) is 337 cm³/mol. The van der Waals surface area contributed by atoms with E-state index in [2.05, 4.69) is 304 Å². The Bertz CT molecular complexity index is 4520. The second-order valence-electron chi connectivity index (χ2n) is 21.5. The molecule has 0 aliphatic heterocycles. The van der Waals surface area contributed by atoms with Gasteiger partial charge in [0.25, 0.3) is 0 Å². The lowest BCUT2D eigenvalue weighted by atomic mass is 9.82. The molecule has 0 aliphatic rings. The van der Waals surface area contributed by atoms with Crippen LogP contribution in [0.2, 0.25) is 0 Å². The molecule has 79 heavy (non-hydrogen) atoms. The van der Waals surface area contributed by atoms with Crippen LogP contribution in [-0.4, -0.2) is 0 Å². The summed E-state index contributed by atoms with van der Waals surface area (Å²) in [6.07, 6.45) is 0. The Morgan fingerprint density at radius 1 is 0.278 bits per heavy atom. The molecule has 14 aromatic rings. The van der Waals surface area contributed by atoms with Crippen molar-refractivity contribution >= 4 is 88.4 Å². The average molecular weight is 1020 g/mol. The molecule has 3 heteroatoms. The molecule has 0 unspecified atom stereocenters. The number of fused-ring (bicyclic) bond motifs is 3. The van der Waals surface area contributed by atoms with Gasteiger partial charge in [0.2, 0.25) is 0 Å². The number of hydrogen-bond acceptors (Lipinski definition) is 3. The van der Waals surface area contributed by atoms with Crippen molar-refractivity contribution in [2.24, 2.45) is 0 Å². The highest BCUT2D eigenvalue weighted by molar-refractivity contribution is 6.29. The molecule has 0 aliphatic carbocycles. The summed E-state index contributed by atoms with van der Waals surface area (Å²) in [6, 6.07) is 97.6. The number of hydrogen-bond donors (Lipinski definition) is 0. The van der Waals surface area contributed by atoms with E-state index in [4.69, 9.17) is 4.42 Å². The van der Waals surface area contributed by atoms with Crippen LogP contribution in [-0.2, 0) is 0 Å². The van der Waals surface area contributed by atoms with Gasteiger partial charge < -0.3 is 14.2 Å². The Labute approximate surface area is 462 Å². The number of anilines is 6. The Morgan fingerprint density at radius 3 is 1.32 bits per heavy atom. The first kappa shape index (κ1) is 47.7. The lowest BCUT2D eigenvalue weighted by Gasteiger charge is -2.31. The zero-order valence-corrected chi connectivity index (χ0v) is 44.9. The molecule has 1 heterocycles. The Kier molecular flexibility index (Phi) is 11.9. The largest absolute Gasteiger partial charge is 0.454 e. The van der Waals surface area contributed by atoms with Crippen molar-refractivity contribution in [1.82, 2.24) is 0 Å². The molecule has 0 atom stereocenters. The molecular weight excluding hydrogens is 957 g/mol. The lowest BCUT2D eigenvalue weighted by molar-refractivity contribution is 0.669. The van der Waals surface area contributed by atoms with Crippen molar-refractivity contribution in [3.8, 4) is 44.5 Å². The summed E-state index contributed by atoms with van der Waals surface area (Å²) < 4.78 is 6.94. The van der Waals surface area contributed by atoms with Crippen LogP contribution in [0.4, 0.5) is 34.1 Å². The van der Waals surface area contributed by atoms with Crippen molar-refractivity contribution in [2.75, 3.05) is 9.80 Å². The lowest BCUT2D eigenvalue weighted by Crippen LogP contribution is -2.13. The van der Waals surface area contributed by atoms with Gasteiger partial charge in [-0.15, -0.1) is 0 Å². The molecule has 3 nitrogen and oxygen atoms in total. The monoisotopic (exact) mass is 1010 g/mol. The molecule has 0 bridgehead atoms. The zero-order chi connectivity index (χ0) is 53.1. The van der Waals surface area contributed by atoms with Crippen LogP contribution < -0.4 is 9.80 Å². The average Bonchev–Trinajstić information content (AvgIpc) is 3.93. The van der Waals surface area contributed by atoms with Crippen LogP contribution in [0.1, 0.15) is 50.7 Å². The van der Waals surface area contributed by atoms with Crippen molar-refractivity contribution in [3.63, 3.8) is 0 Å². The number of nitrogens with zero attached hydrogens (tertiary/aromatic N) is 2. The van der Waals surface area contributed by atoms with E-state index < -0.39 is 0 Å². The molecule has 1 aromatic heterocycles. The highest BCUT2D eigenvalue weighted by atomic mass is 16.3. The van der Waals surface area contributed by atoms with Gasteiger partial charge in [-0.2, -0.15) is 0 Å². The maximum atomic E-state index is 6.94. The first-order valence-electron chi connectivity index (χ1n) is 27.7. The second kappa shape index (κ2) is 19.7. The van der Waals surface area contributed by atoms with Crippen LogP contribution >= 0.6 is 0 Å². The molecule has 0 saturated heterocycles. The minimum absolute atomic E-state index is 0.234. The number of rotatable bonds is 12. The van der Waals surface area contributed by atoms with Crippen LogP contribution in [0.3, 0.4) is 0 Å². The van der Waals surface area contributed by atoms with E-state index in [-0.39, 0.29) is 11.8 Å². The predicted octanol–water partition coefficient (Wildman–Crippen LogP) is 22.3. The van der Waals surface area contributed by atoms with Gasteiger partial charge in [-0.3, -0.25) is 0 Å². The Balaban J connectivity index is 0.985. The van der Waals surface area contributed by atoms with E-state index in [0.717, 1.165) is 67.2 Å². The van der Waals surface area contributed by atoms with E-state index in [1.54, 1.807) is 0 Å². The summed E-state index contributed by atoms with van der Waals surface area (Å²) in [5.41, 5.74) is 20.3. The highest BCUT2D eigenvalue weighted by Gasteiger charge is 2.28. The van der Waals surface area contributed by atoms with Gasteiger partial charge in [0.05, 0.1) is 22.7 Å². The van der Waals surface area contributed by atoms with Crippen molar-refractivity contribution in [3.05, 3.63) is 278 Å². The van der Waals surface area contributed by atoms with Crippen LogP contribution in [0.5, 0.6) is 0 Å². The molecule has 0 fully saturated rings. The first-order valence-corrected chi connectivity index (χ1v) is 27.7. The summed E-state index contributed by atoms with van der Waals surface area (Å²) in [7, 11) is 0. The molecule has 13 aromatic carbocycles. The topological polar surface area (TPSA) is 19.6 Å². The standard InChI is InChI=1S/C76H58N2O/c1-49(2)66-47-68(55-37-41-57(42-38-55)77(56-39-35-52(36-40-56)51-21-8-5-9-22-51)69-31-17-14-27-58(69)53-23-10-6-11-24-53)63-44-43-62-67(50(3)4)48-72(65-46-45-61(66)74(63)75(62)65)78(70-32-18-15-28-59(70)54-25-12-7-13-26-54)71-33-20-30-64-60-29-16-19-34-73(60)79-76(64)71/h5-50H,1-4H3. The summed E-state index contributed by atoms with van der Waals surface area (Å²) in [5, 5.41) is 9.83. The first-order chi connectivity index (χ1) is 38.9. The fraction of sp³-hybridized carbons (Fsp3) is 0.0789. The summed E-state index contributed by atoms with van der Waals surface area (Å²) in [4.78, 5) is 4.90. The fourth-order valence-electron chi connectivity index (χ4n) is 12.4. The van der Waals surface area contributed by atoms with E-state index >= 15 is 0 Å². The van der Waals surface area contributed by atoms with Gasteiger partial charge in [-0.1, -0.05) is 234 Å². The third-order valence-electron chi connectivity index (χ3n) is 16.2. The van der Waals surface area contributed by atoms with E-state index in [0.29, 0.717) is 0 Å². The van der Waals surface area contributed by atoms with Gasteiger partial charge in [0.15, 0.2) is 5.58 Å². The van der Waals surface area contributed by atoms with Crippen LogP contribution in [0.25, 0.3) is 98.8 Å². The molecule has 378 valence electrons. The van der Waals surface area contributed by atoms with Gasteiger partial charge >= 0.3 is 0 Å². The summed E-state index contributed by atoms with van der Waals surface area (Å²) >= 11 is 0. The molecule has 0 N–H and O–H groups in total. The van der Waals surface area contributed by atoms with Crippen molar-refractivity contribution in [2.45, 2.75) is 39.5 Å². The smallest absolute Gasteiger partial charge is 0.159 e. The number of benzene rings is 13. The zero-order valence-electron chi connectivity index (χ0n) is 44.9. The maximum Gasteiger partial charge on any atom is 0.159 e. The SMILES string of the molecule is CC(C)c1cc(-c2ccc(N(c3ccc(-c4ccccc4)cc3)c3ccccc3-c3ccccc3)cc2)c2ccc3c(C(C)C)cc(N(c4ccccc4-c4ccccc4)c4cccc5c4oc4ccccc45)c4ccc1c2c34. The van der Waals surface area contributed by atoms with E-state index in [1.165, 1.54) is 76.8 Å². The highest BCUT2D eigenvalue weighted by Crippen LogP contribution is 2.52. The van der Waals surface area contributed by atoms with Crippen LogP contribution in [0.15, 0.2) is 271 Å². The number of furan rings is 1. The fourth-order valence-corrected chi connectivity index (χ4v) is 12.4. The molecule has 14 rings (SSSR count). The third kappa shape index (κ3) is 8.20. The second-order valence-corrected chi connectivity index (χ2v) is 21.5. The van der Waals surface area contributed by atoms with Crippen molar-refractivity contribution in [1.29, 1.82) is 0 Å². The quantitative estimate of drug-likeness (QED) is 0.114. The third-order valence-corrected chi connectivity index (χ3v) is 16.2. The molecule has 0 radical (unpaired) electrons. The molecular formula is C76H58N2O. The van der Waals surface area contributed by atoms with Gasteiger partial charge in [0, 0.05) is 38.7 Å². The normalized spacial score (nSPS) is 11.8. The van der Waals surface area contributed by atoms with Gasteiger partial charge in [-0.25, -0.2) is 0 Å². The van der Waals surface area contributed by atoms with Crippen LogP contribution in [0, 0.1) is 0 Å². The van der Waals surface area contributed by atoms with E-state index in [1.807, 2.05) is 0 Å². The number of para-hydroxylation sites is 4.